The van der Waals surface area contributed by atoms with Gasteiger partial charge in [0.25, 0.3) is 5.56 Å². The summed E-state index contributed by atoms with van der Waals surface area (Å²) in [5, 5.41) is 0. The summed E-state index contributed by atoms with van der Waals surface area (Å²) in [5.74, 6) is 0.839. The normalized spacial score (nSPS) is 26.1. The minimum atomic E-state index is -4.64. The molecule has 0 unspecified atom stereocenters. The number of piperidine rings is 1. The Bertz CT molecular complexity index is 848. The highest BCUT2D eigenvalue weighted by Gasteiger charge is 2.48. The Morgan fingerprint density at radius 3 is 2.26 bits per heavy atom. The molecule has 4 rings (SSSR count). The molecule has 2 fully saturated rings. The highest BCUT2D eigenvalue weighted by atomic mass is 19.4. The average molecular weight is 377 g/mol. The first-order valence-corrected chi connectivity index (χ1v) is 9.59. The number of rotatable bonds is 4. The summed E-state index contributed by atoms with van der Waals surface area (Å²) >= 11 is 0. The van der Waals surface area contributed by atoms with E-state index in [1.54, 1.807) is 0 Å². The Hall–Kier alpha value is -2.08. The number of likely N-dealkylation sites (tertiary alicyclic amines) is 1. The van der Waals surface area contributed by atoms with E-state index in [1.165, 1.54) is 17.8 Å². The molecule has 1 saturated carbocycles. The zero-order valence-electron chi connectivity index (χ0n) is 15.1. The lowest BCUT2D eigenvalue weighted by Gasteiger charge is -2.44. The van der Waals surface area contributed by atoms with Crippen LogP contribution in [0.15, 0.2) is 47.4 Å². The summed E-state index contributed by atoms with van der Waals surface area (Å²) in [6.07, 6.45) is 0.541. The minimum Gasteiger partial charge on any atom is -0.328 e. The number of nitrogens with zero attached hydrogens (tertiary/aromatic N) is 1. The second-order valence-corrected chi connectivity index (χ2v) is 7.97. The molecule has 2 heterocycles. The predicted octanol–water partition coefficient (Wildman–Crippen LogP) is 4.69. The minimum absolute atomic E-state index is 0.157. The number of hydrogen-bond donors (Lipinski definition) is 1. The standard InChI is InChI=1S/C21H23F3N2O/c22-21(23,24)19-18(8-11-25-20(19)27)26(14-15-6-7-15)12-9-17(10-13-26)16-4-2-1-3-5-16/h1-5,8,11,15,17H,6-7,9-10,12-14H2/p+1. The van der Waals surface area contributed by atoms with Crippen LogP contribution in [0.5, 0.6) is 0 Å². The Morgan fingerprint density at radius 1 is 1.00 bits per heavy atom. The van der Waals surface area contributed by atoms with Gasteiger partial charge in [0.2, 0.25) is 0 Å². The Labute approximate surface area is 156 Å². The van der Waals surface area contributed by atoms with Gasteiger partial charge in [-0.3, -0.25) is 9.28 Å². The van der Waals surface area contributed by atoms with Crippen molar-refractivity contribution in [3.63, 3.8) is 0 Å². The zero-order valence-corrected chi connectivity index (χ0v) is 15.1. The van der Waals surface area contributed by atoms with E-state index in [4.69, 9.17) is 0 Å². The average Bonchev–Trinajstić information content (AvgIpc) is 3.46. The molecule has 0 amide bonds. The molecule has 1 aromatic carbocycles. The van der Waals surface area contributed by atoms with Gasteiger partial charge >= 0.3 is 6.18 Å². The van der Waals surface area contributed by atoms with Crippen molar-refractivity contribution in [2.75, 3.05) is 19.6 Å². The molecule has 27 heavy (non-hydrogen) atoms. The fraction of sp³-hybridized carbons (Fsp3) is 0.476. The molecule has 144 valence electrons. The Balaban J connectivity index is 1.69. The molecular formula is C21H24F3N2O+. The van der Waals surface area contributed by atoms with Crippen molar-refractivity contribution >= 4 is 5.69 Å². The van der Waals surface area contributed by atoms with Crippen LogP contribution >= 0.6 is 0 Å². The van der Waals surface area contributed by atoms with E-state index < -0.39 is 17.3 Å². The number of H-pyrrole nitrogens is 1. The highest BCUT2D eigenvalue weighted by molar-refractivity contribution is 5.51. The van der Waals surface area contributed by atoms with Gasteiger partial charge in [0, 0.05) is 31.0 Å². The monoisotopic (exact) mass is 377 g/mol. The van der Waals surface area contributed by atoms with Crippen molar-refractivity contribution < 1.29 is 13.2 Å². The topological polar surface area (TPSA) is 32.9 Å². The van der Waals surface area contributed by atoms with Crippen LogP contribution in [0.25, 0.3) is 0 Å². The second-order valence-electron chi connectivity index (χ2n) is 7.97. The molecule has 0 atom stereocenters. The van der Waals surface area contributed by atoms with Crippen molar-refractivity contribution in [1.29, 1.82) is 0 Å². The summed E-state index contributed by atoms with van der Waals surface area (Å²) < 4.78 is 41.4. The Morgan fingerprint density at radius 2 is 1.67 bits per heavy atom. The molecule has 0 spiro atoms. The van der Waals surface area contributed by atoms with Gasteiger partial charge < -0.3 is 4.98 Å². The van der Waals surface area contributed by atoms with Crippen LogP contribution in [-0.2, 0) is 6.18 Å². The first-order chi connectivity index (χ1) is 12.9. The molecule has 2 aliphatic rings. The molecule has 1 aliphatic carbocycles. The fourth-order valence-corrected chi connectivity index (χ4v) is 4.57. The van der Waals surface area contributed by atoms with Crippen LogP contribution in [-0.4, -0.2) is 24.6 Å². The zero-order chi connectivity index (χ0) is 19.1. The lowest BCUT2D eigenvalue weighted by atomic mass is 9.87. The van der Waals surface area contributed by atoms with Gasteiger partial charge in [0.1, 0.15) is 0 Å². The van der Waals surface area contributed by atoms with Gasteiger partial charge in [-0.1, -0.05) is 30.3 Å². The number of aromatic amines is 1. The molecule has 1 aliphatic heterocycles. The molecule has 1 aromatic heterocycles. The molecule has 6 heteroatoms. The maximum atomic E-state index is 13.7. The molecule has 0 radical (unpaired) electrons. The van der Waals surface area contributed by atoms with E-state index in [1.807, 2.05) is 18.2 Å². The summed E-state index contributed by atoms with van der Waals surface area (Å²) in [6, 6.07) is 11.7. The van der Waals surface area contributed by atoms with E-state index >= 15 is 0 Å². The van der Waals surface area contributed by atoms with E-state index in [0.29, 0.717) is 31.5 Å². The van der Waals surface area contributed by atoms with Gasteiger partial charge in [0.15, 0.2) is 11.3 Å². The quantitative estimate of drug-likeness (QED) is 0.771. The van der Waals surface area contributed by atoms with E-state index in [-0.39, 0.29) is 10.2 Å². The first kappa shape index (κ1) is 18.3. The molecule has 3 nitrogen and oxygen atoms in total. The Kier molecular flexibility index (Phi) is 4.62. The van der Waals surface area contributed by atoms with Crippen LogP contribution in [0, 0.1) is 5.92 Å². The van der Waals surface area contributed by atoms with Gasteiger partial charge in [-0.15, -0.1) is 0 Å². The van der Waals surface area contributed by atoms with E-state index in [0.717, 1.165) is 25.7 Å². The van der Waals surface area contributed by atoms with Crippen molar-refractivity contribution in [2.45, 2.75) is 37.8 Å². The summed E-state index contributed by atoms with van der Waals surface area (Å²) in [7, 11) is 0. The molecule has 1 N–H and O–H groups in total. The van der Waals surface area contributed by atoms with Gasteiger partial charge in [-0.2, -0.15) is 13.2 Å². The lowest BCUT2D eigenvalue weighted by Crippen LogP contribution is -2.56. The smallest absolute Gasteiger partial charge is 0.328 e. The number of halogens is 3. The molecule has 1 saturated heterocycles. The van der Waals surface area contributed by atoms with Crippen LogP contribution in [0.3, 0.4) is 0 Å². The summed E-state index contributed by atoms with van der Waals surface area (Å²) in [5.41, 5.74) is -0.629. The number of quaternary nitrogens is 1. The van der Waals surface area contributed by atoms with Crippen LogP contribution in [0.4, 0.5) is 18.9 Å². The van der Waals surface area contributed by atoms with Crippen molar-refractivity contribution in [3.8, 4) is 0 Å². The second kappa shape index (κ2) is 6.82. The number of aromatic nitrogens is 1. The number of alkyl halides is 3. The maximum Gasteiger partial charge on any atom is 0.427 e. The van der Waals surface area contributed by atoms with Gasteiger partial charge in [-0.25, -0.2) is 0 Å². The van der Waals surface area contributed by atoms with Crippen molar-refractivity contribution in [1.82, 2.24) is 9.47 Å². The van der Waals surface area contributed by atoms with Crippen LogP contribution < -0.4 is 10.0 Å². The lowest BCUT2D eigenvalue weighted by molar-refractivity contribution is -0.139. The van der Waals surface area contributed by atoms with Crippen molar-refractivity contribution in [2.24, 2.45) is 5.92 Å². The maximum absolute atomic E-state index is 13.7. The SMILES string of the molecule is O=c1[nH]ccc([N+]2(CC3CC3)CCC(c3ccccc3)CC2)c1C(F)(F)F. The first-order valence-electron chi connectivity index (χ1n) is 9.59. The summed E-state index contributed by atoms with van der Waals surface area (Å²) in [4.78, 5) is 14.3. The predicted molar refractivity (Wildman–Crippen MR) is 99.6 cm³/mol. The number of hydrogen-bond acceptors (Lipinski definition) is 1. The molecule has 2 aromatic rings. The highest BCUT2D eigenvalue weighted by Crippen LogP contribution is 2.44. The third-order valence-corrected chi connectivity index (χ3v) is 6.12. The van der Waals surface area contributed by atoms with Gasteiger partial charge in [0.05, 0.1) is 19.6 Å². The van der Waals surface area contributed by atoms with Crippen LogP contribution in [0.1, 0.15) is 42.7 Å². The fourth-order valence-electron chi connectivity index (χ4n) is 4.57. The van der Waals surface area contributed by atoms with Gasteiger partial charge in [-0.05, 0) is 24.3 Å². The number of benzene rings is 1. The van der Waals surface area contributed by atoms with Crippen LogP contribution in [0.2, 0.25) is 0 Å². The number of nitrogens with one attached hydrogen (secondary N) is 1. The largest absolute Gasteiger partial charge is 0.427 e. The molecular weight excluding hydrogens is 353 g/mol. The summed E-state index contributed by atoms with van der Waals surface area (Å²) in [6.45, 7) is 1.99. The number of pyridine rings is 1. The van der Waals surface area contributed by atoms with Crippen molar-refractivity contribution in [3.05, 3.63) is 64.1 Å². The third-order valence-electron chi connectivity index (χ3n) is 6.12. The van der Waals surface area contributed by atoms with E-state index in [2.05, 4.69) is 17.1 Å². The van der Waals surface area contributed by atoms with E-state index in [9.17, 15) is 18.0 Å². The third kappa shape index (κ3) is 3.68. The molecule has 0 bridgehead atoms.